The van der Waals surface area contributed by atoms with Gasteiger partial charge in [0.05, 0.1) is 23.2 Å². The number of rotatable bonds is 9. The summed E-state index contributed by atoms with van der Waals surface area (Å²) >= 11 is 0. The van der Waals surface area contributed by atoms with E-state index >= 15 is 0 Å². The third kappa shape index (κ3) is 6.17. The summed E-state index contributed by atoms with van der Waals surface area (Å²) in [4.78, 5) is 26.5. The van der Waals surface area contributed by atoms with Gasteiger partial charge < -0.3 is 9.64 Å². The molecule has 7 heteroatoms. The van der Waals surface area contributed by atoms with E-state index in [1.165, 1.54) is 17.7 Å². The van der Waals surface area contributed by atoms with E-state index in [1.54, 1.807) is 26.0 Å². The van der Waals surface area contributed by atoms with Gasteiger partial charge >= 0.3 is 5.97 Å². The lowest BCUT2D eigenvalue weighted by molar-refractivity contribution is -0.144. The SMILES string of the molecule is CC(C)S(=O)(=O)c1ccc(CC(=O)OC[C@H]2CC(=O)N(CCc3ccccc3)C2)cc1. The predicted octanol–water partition coefficient (Wildman–Crippen LogP) is 3.05. The first-order valence-corrected chi connectivity index (χ1v) is 12.1. The lowest BCUT2D eigenvalue weighted by Crippen LogP contribution is -2.28. The highest BCUT2D eigenvalue weighted by Crippen LogP contribution is 2.20. The number of likely N-dealkylation sites (tertiary alicyclic amines) is 1. The molecule has 0 bridgehead atoms. The smallest absolute Gasteiger partial charge is 0.310 e. The zero-order chi connectivity index (χ0) is 22.4. The number of benzene rings is 2. The summed E-state index contributed by atoms with van der Waals surface area (Å²) in [6, 6.07) is 16.4. The highest BCUT2D eigenvalue weighted by molar-refractivity contribution is 7.92. The Balaban J connectivity index is 1.44. The minimum absolute atomic E-state index is 0.00536. The Bertz CT molecular complexity index is 1000. The number of amides is 1. The molecule has 3 rings (SSSR count). The van der Waals surface area contributed by atoms with Crippen LogP contribution in [0.2, 0.25) is 0 Å². The summed E-state index contributed by atoms with van der Waals surface area (Å²) in [7, 11) is -3.33. The van der Waals surface area contributed by atoms with Gasteiger partial charge in [0.2, 0.25) is 5.91 Å². The largest absolute Gasteiger partial charge is 0.465 e. The predicted molar refractivity (Wildman–Crippen MR) is 118 cm³/mol. The van der Waals surface area contributed by atoms with E-state index in [2.05, 4.69) is 0 Å². The van der Waals surface area contributed by atoms with Crippen molar-refractivity contribution in [3.8, 4) is 0 Å². The molecule has 6 nitrogen and oxygen atoms in total. The second kappa shape index (κ2) is 10.1. The number of ether oxygens (including phenoxy) is 1. The van der Waals surface area contributed by atoms with E-state index in [-0.39, 0.29) is 35.7 Å². The van der Waals surface area contributed by atoms with Crippen LogP contribution in [-0.2, 0) is 37.0 Å². The number of sulfone groups is 1. The van der Waals surface area contributed by atoms with E-state index in [0.29, 0.717) is 25.1 Å². The van der Waals surface area contributed by atoms with Gasteiger partial charge in [0.1, 0.15) is 0 Å². The maximum Gasteiger partial charge on any atom is 0.310 e. The molecule has 0 spiro atoms. The van der Waals surface area contributed by atoms with Crippen molar-refractivity contribution in [1.82, 2.24) is 4.90 Å². The molecule has 1 atom stereocenters. The maximum absolute atomic E-state index is 12.2. The number of nitrogens with zero attached hydrogens (tertiary/aromatic N) is 1. The molecular weight excluding hydrogens is 414 g/mol. The van der Waals surface area contributed by atoms with Gasteiger partial charge in [0, 0.05) is 25.4 Å². The van der Waals surface area contributed by atoms with Gasteiger partial charge in [-0.15, -0.1) is 0 Å². The molecular formula is C24H29NO5S. The first kappa shape index (κ1) is 23.0. The quantitative estimate of drug-likeness (QED) is 0.557. The molecule has 1 heterocycles. The zero-order valence-corrected chi connectivity index (χ0v) is 18.8. The zero-order valence-electron chi connectivity index (χ0n) is 18.0. The number of hydrogen-bond donors (Lipinski definition) is 0. The van der Waals surface area contributed by atoms with E-state index in [9.17, 15) is 18.0 Å². The van der Waals surface area contributed by atoms with E-state index in [4.69, 9.17) is 4.74 Å². The third-order valence-electron chi connectivity index (χ3n) is 5.51. The molecule has 0 radical (unpaired) electrons. The van der Waals surface area contributed by atoms with Gasteiger partial charge in [-0.1, -0.05) is 42.5 Å². The van der Waals surface area contributed by atoms with Crippen LogP contribution >= 0.6 is 0 Å². The van der Waals surface area contributed by atoms with Crippen LogP contribution in [0.5, 0.6) is 0 Å². The maximum atomic E-state index is 12.2. The van der Waals surface area contributed by atoms with Crippen LogP contribution in [0.15, 0.2) is 59.5 Å². The van der Waals surface area contributed by atoms with Crippen molar-refractivity contribution in [1.29, 1.82) is 0 Å². The topological polar surface area (TPSA) is 80.7 Å². The summed E-state index contributed by atoms with van der Waals surface area (Å²) in [5.74, 6) is -0.278. The molecule has 0 unspecified atom stereocenters. The third-order valence-corrected chi connectivity index (χ3v) is 7.68. The van der Waals surface area contributed by atoms with Gasteiger partial charge in [0.25, 0.3) is 0 Å². The average molecular weight is 444 g/mol. The monoisotopic (exact) mass is 443 g/mol. The van der Waals surface area contributed by atoms with Gasteiger partial charge in [-0.2, -0.15) is 0 Å². The van der Waals surface area contributed by atoms with Crippen molar-refractivity contribution < 1.29 is 22.7 Å². The molecule has 1 aliphatic rings. The Labute approximate surface area is 184 Å². The molecule has 1 amide bonds. The molecule has 0 N–H and O–H groups in total. The number of carbonyl (C=O) groups is 2. The van der Waals surface area contributed by atoms with Crippen molar-refractivity contribution in [2.24, 2.45) is 5.92 Å². The van der Waals surface area contributed by atoms with Crippen molar-refractivity contribution in [3.63, 3.8) is 0 Å². The van der Waals surface area contributed by atoms with Crippen molar-refractivity contribution in [3.05, 3.63) is 65.7 Å². The Morgan fingerprint density at radius 3 is 2.39 bits per heavy atom. The molecule has 166 valence electrons. The van der Waals surface area contributed by atoms with Crippen LogP contribution in [0, 0.1) is 5.92 Å². The molecule has 0 saturated carbocycles. The van der Waals surface area contributed by atoms with Crippen molar-refractivity contribution in [2.75, 3.05) is 19.7 Å². The van der Waals surface area contributed by atoms with Gasteiger partial charge in [-0.05, 0) is 43.5 Å². The molecule has 1 fully saturated rings. The Hall–Kier alpha value is -2.67. The molecule has 0 aromatic heterocycles. The Morgan fingerprint density at radius 1 is 1.06 bits per heavy atom. The van der Waals surface area contributed by atoms with Crippen LogP contribution in [-0.4, -0.2) is 50.1 Å². The number of esters is 1. The van der Waals surface area contributed by atoms with Crippen molar-refractivity contribution >= 4 is 21.7 Å². The molecule has 2 aromatic rings. The van der Waals surface area contributed by atoms with Gasteiger partial charge in [-0.3, -0.25) is 9.59 Å². The fraction of sp³-hybridized carbons (Fsp3) is 0.417. The number of hydrogen-bond acceptors (Lipinski definition) is 5. The second-order valence-electron chi connectivity index (χ2n) is 8.24. The lowest BCUT2D eigenvalue weighted by atomic mass is 10.1. The molecule has 1 aliphatic heterocycles. The van der Waals surface area contributed by atoms with Crippen LogP contribution in [0.3, 0.4) is 0 Å². The van der Waals surface area contributed by atoms with Crippen LogP contribution in [0.1, 0.15) is 31.4 Å². The lowest BCUT2D eigenvalue weighted by Gasteiger charge is -2.16. The average Bonchev–Trinajstić information content (AvgIpc) is 3.11. The van der Waals surface area contributed by atoms with Crippen LogP contribution in [0.4, 0.5) is 0 Å². The molecule has 0 aliphatic carbocycles. The van der Waals surface area contributed by atoms with E-state index < -0.39 is 15.1 Å². The first-order valence-electron chi connectivity index (χ1n) is 10.6. The summed E-state index contributed by atoms with van der Waals surface area (Å²) in [5.41, 5.74) is 1.89. The minimum atomic E-state index is -3.33. The summed E-state index contributed by atoms with van der Waals surface area (Å²) < 4.78 is 29.7. The first-order chi connectivity index (χ1) is 14.8. The highest BCUT2D eigenvalue weighted by atomic mass is 32.2. The van der Waals surface area contributed by atoms with Crippen LogP contribution < -0.4 is 0 Å². The van der Waals surface area contributed by atoms with Crippen LogP contribution in [0.25, 0.3) is 0 Å². The van der Waals surface area contributed by atoms with E-state index in [1.807, 2.05) is 35.2 Å². The van der Waals surface area contributed by atoms with Gasteiger partial charge in [0.15, 0.2) is 9.84 Å². The number of carbonyl (C=O) groups excluding carboxylic acids is 2. The molecule has 31 heavy (non-hydrogen) atoms. The summed E-state index contributed by atoms with van der Waals surface area (Å²) in [6.07, 6.45) is 1.27. The van der Waals surface area contributed by atoms with E-state index in [0.717, 1.165) is 6.42 Å². The second-order valence-corrected chi connectivity index (χ2v) is 10.7. The minimum Gasteiger partial charge on any atom is -0.465 e. The fourth-order valence-corrected chi connectivity index (χ4v) is 4.65. The summed E-state index contributed by atoms with van der Waals surface area (Å²) in [6.45, 7) is 4.75. The Morgan fingerprint density at radius 2 is 1.74 bits per heavy atom. The Kier molecular flexibility index (Phi) is 7.49. The molecule has 2 aromatic carbocycles. The molecule has 1 saturated heterocycles. The van der Waals surface area contributed by atoms with Gasteiger partial charge in [-0.25, -0.2) is 8.42 Å². The normalized spacial score (nSPS) is 16.7. The summed E-state index contributed by atoms with van der Waals surface area (Å²) in [5, 5.41) is -0.496. The van der Waals surface area contributed by atoms with Crippen molar-refractivity contribution in [2.45, 2.75) is 43.3 Å². The highest BCUT2D eigenvalue weighted by Gasteiger charge is 2.30. The standard InChI is InChI=1S/C24H29NO5S/c1-18(2)31(28,29)22-10-8-20(9-11-22)15-24(27)30-17-21-14-23(26)25(16-21)13-12-19-6-4-3-5-7-19/h3-11,18,21H,12-17H2,1-2H3/t21-/m0/s1. The fourth-order valence-electron chi connectivity index (χ4n) is 3.59.